The lowest BCUT2D eigenvalue weighted by Crippen LogP contribution is -2.04. The van der Waals surface area contributed by atoms with Crippen molar-refractivity contribution in [3.05, 3.63) is 69.8 Å². The first-order valence-corrected chi connectivity index (χ1v) is 13.2. The predicted molar refractivity (Wildman–Crippen MR) is 140 cm³/mol. The molecule has 0 bridgehead atoms. The van der Waals surface area contributed by atoms with Gasteiger partial charge in [0.1, 0.15) is 0 Å². The Bertz CT molecular complexity index is 771. The molecule has 2 aromatic rings. The topological polar surface area (TPSA) is 24.7 Å². The number of nitrogens with zero attached hydrogens (tertiary/aromatic N) is 2. The highest BCUT2D eigenvalue weighted by molar-refractivity contribution is 8.13. The summed E-state index contributed by atoms with van der Waals surface area (Å²) in [6.45, 7) is 10.6. The molecule has 2 rings (SSSR count). The van der Waals surface area contributed by atoms with Gasteiger partial charge in [-0.15, -0.1) is 23.5 Å². The molecule has 4 heteroatoms. The van der Waals surface area contributed by atoms with Crippen LogP contribution in [0.4, 0.5) is 0 Å². The number of hydrogen-bond acceptors (Lipinski definition) is 4. The molecule has 0 amide bonds. The second kappa shape index (κ2) is 13.0. The number of aryl methyl sites for hydroxylation is 4. The summed E-state index contributed by atoms with van der Waals surface area (Å²) in [5.74, 6) is 0. The maximum absolute atomic E-state index is 4.87. The monoisotopic (exact) mass is 440 g/mol. The van der Waals surface area contributed by atoms with Crippen LogP contribution in [0.15, 0.2) is 46.4 Å². The molecular formula is C26H36N2S2. The van der Waals surface area contributed by atoms with Crippen molar-refractivity contribution in [3.8, 4) is 0 Å². The lowest BCUT2D eigenvalue weighted by molar-refractivity contribution is 0.757. The zero-order valence-corrected chi connectivity index (χ0v) is 21.1. The van der Waals surface area contributed by atoms with E-state index in [0.717, 1.165) is 38.8 Å². The van der Waals surface area contributed by atoms with Crippen LogP contribution in [0.1, 0.15) is 46.2 Å². The highest BCUT2D eigenvalue weighted by Gasteiger charge is 2.07. The molecule has 0 saturated carbocycles. The van der Waals surface area contributed by atoms with E-state index < -0.39 is 0 Å². The normalized spacial score (nSPS) is 12.5. The third-order valence-electron chi connectivity index (χ3n) is 5.56. The molecule has 162 valence electrons. The SMILES string of the molecule is CSC(Cc1c(C)cccc1C)=NCCCCN=C(Cc1c(C)cccc1C)SC. The summed E-state index contributed by atoms with van der Waals surface area (Å²) in [6.07, 6.45) is 8.34. The van der Waals surface area contributed by atoms with Gasteiger partial charge < -0.3 is 0 Å². The number of hydrogen-bond donors (Lipinski definition) is 0. The van der Waals surface area contributed by atoms with Crippen LogP contribution in [0.2, 0.25) is 0 Å². The second-order valence-electron chi connectivity index (χ2n) is 7.76. The Balaban J connectivity index is 1.84. The average molecular weight is 441 g/mol. The summed E-state index contributed by atoms with van der Waals surface area (Å²) in [6, 6.07) is 13.0. The van der Waals surface area contributed by atoms with Gasteiger partial charge in [-0.25, -0.2) is 0 Å². The van der Waals surface area contributed by atoms with Gasteiger partial charge >= 0.3 is 0 Å². The highest BCUT2D eigenvalue weighted by atomic mass is 32.2. The van der Waals surface area contributed by atoms with Gasteiger partial charge in [0.05, 0.1) is 10.1 Å². The molecule has 0 unspecified atom stereocenters. The lowest BCUT2D eigenvalue weighted by Gasteiger charge is -2.11. The first-order valence-electron chi connectivity index (χ1n) is 10.7. The van der Waals surface area contributed by atoms with Gasteiger partial charge in [-0.2, -0.15) is 0 Å². The molecule has 0 atom stereocenters. The van der Waals surface area contributed by atoms with Crippen molar-refractivity contribution >= 4 is 33.6 Å². The summed E-state index contributed by atoms with van der Waals surface area (Å²) in [7, 11) is 0. The maximum Gasteiger partial charge on any atom is 0.0717 e. The molecule has 0 aliphatic carbocycles. The zero-order valence-electron chi connectivity index (χ0n) is 19.4. The van der Waals surface area contributed by atoms with E-state index in [4.69, 9.17) is 9.98 Å². The van der Waals surface area contributed by atoms with Crippen molar-refractivity contribution in [2.45, 2.75) is 53.4 Å². The predicted octanol–water partition coefficient (Wildman–Crippen LogP) is 7.01. The van der Waals surface area contributed by atoms with Crippen molar-refractivity contribution in [2.75, 3.05) is 25.6 Å². The van der Waals surface area contributed by atoms with E-state index in [1.807, 2.05) is 0 Å². The molecule has 0 heterocycles. The smallest absolute Gasteiger partial charge is 0.0717 e. The van der Waals surface area contributed by atoms with Gasteiger partial charge in [-0.05, 0) is 86.4 Å². The fourth-order valence-corrected chi connectivity index (χ4v) is 4.59. The van der Waals surface area contributed by atoms with Gasteiger partial charge in [0.25, 0.3) is 0 Å². The number of unbranched alkanes of at least 4 members (excludes halogenated alkanes) is 1. The Labute approximate surface area is 192 Å². The van der Waals surface area contributed by atoms with E-state index in [-0.39, 0.29) is 0 Å². The van der Waals surface area contributed by atoms with Crippen molar-refractivity contribution in [2.24, 2.45) is 9.98 Å². The molecule has 2 aromatic carbocycles. The van der Waals surface area contributed by atoms with Crippen LogP contribution in [0.25, 0.3) is 0 Å². The summed E-state index contributed by atoms with van der Waals surface area (Å²) in [4.78, 5) is 9.75. The van der Waals surface area contributed by atoms with Gasteiger partial charge in [0.15, 0.2) is 0 Å². The minimum Gasteiger partial charge on any atom is -0.283 e. The minimum absolute atomic E-state index is 0.891. The number of rotatable bonds is 9. The molecule has 0 saturated heterocycles. The minimum atomic E-state index is 0.891. The van der Waals surface area contributed by atoms with Gasteiger partial charge in [-0.1, -0.05) is 36.4 Å². The van der Waals surface area contributed by atoms with Crippen LogP contribution >= 0.6 is 23.5 Å². The second-order valence-corrected chi connectivity index (χ2v) is 9.52. The molecule has 0 fully saturated rings. The van der Waals surface area contributed by atoms with Crippen molar-refractivity contribution < 1.29 is 0 Å². The molecule has 0 spiro atoms. The van der Waals surface area contributed by atoms with E-state index in [9.17, 15) is 0 Å². The molecule has 0 aliphatic heterocycles. The molecule has 0 aliphatic rings. The van der Waals surface area contributed by atoms with E-state index in [2.05, 4.69) is 76.6 Å². The van der Waals surface area contributed by atoms with E-state index in [1.165, 1.54) is 43.5 Å². The van der Waals surface area contributed by atoms with Gasteiger partial charge in [0, 0.05) is 25.9 Å². The fraction of sp³-hybridized carbons (Fsp3) is 0.462. The van der Waals surface area contributed by atoms with Crippen LogP contribution in [-0.2, 0) is 12.8 Å². The molecule has 0 N–H and O–H groups in total. The molecule has 2 nitrogen and oxygen atoms in total. The number of aliphatic imine (C=N–C) groups is 2. The van der Waals surface area contributed by atoms with Crippen LogP contribution in [0, 0.1) is 27.7 Å². The van der Waals surface area contributed by atoms with Gasteiger partial charge in [0.2, 0.25) is 0 Å². The molecule has 0 radical (unpaired) electrons. The van der Waals surface area contributed by atoms with Crippen LogP contribution < -0.4 is 0 Å². The van der Waals surface area contributed by atoms with Gasteiger partial charge in [-0.3, -0.25) is 9.98 Å². The Morgan fingerprint density at radius 3 is 1.27 bits per heavy atom. The summed E-state index contributed by atoms with van der Waals surface area (Å²) in [5, 5.41) is 2.46. The zero-order chi connectivity index (χ0) is 21.9. The first kappa shape index (κ1) is 24.7. The summed E-state index contributed by atoms with van der Waals surface area (Å²) >= 11 is 3.55. The Kier molecular flexibility index (Phi) is 10.7. The quantitative estimate of drug-likeness (QED) is 0.238. The third kappa shape index (κ3) is 7.63. The van der Waals surface area contributed by atoms with Crippen molar-refractivity contribution in [1.29, 1.82) is 0 Å². The Morgan fingerprint density at radius 2 is 0.967 bits per heavy atom. The van der Waals surface area contributed by atoms with Crippen LogP contribution in [0.5, 0.6) is 0 Å². The number of benzene rings is 2. The van der Waals surface area contributed by atoms with E-state index in [1.54, 1.807) is 23.5 Å². The van der Waals surface area contributed by atoms with Crippen LogP contribution in [-0.4, -0.2) is 35.7 Å². The third-order valence-corrected chi connectivity index (χ3v) is 7.05. The lowest BCUT2D eigenvalue weighted by atomic mass is 10.0. The molecule has 30 heavy (non-hydrogen) atoms. The van der Waals surface area contributed by atoms with Crippen molar-refractivity contribution in [1.82, 2.24) is 0 Å². The average Bonchev–Trinajstić information content (AvgIpc) is 2.73. The standard InChI is InChI=1S/C26H36N2S2/c1-19-11-9-12-20(2)23(19)17-25(29-5)27-15-7-8-16-28-26(30-6)18-24-21(3)13-10-14-22(24)4/h9-14H,7-8,15-18H2,1-6H3. The molecular weight excluding hydrogens is 404 g/mol. The first-order chi connectivity index (χ1) is 14.5. The van der Waals surface area contributed by atoms with Crippen molar-refractivity contribution in [3.63, 3.8) is 0 Å². The maximum atomic E-state index is 4.87. The fourth-order valence-electron chi connectivity index (χ4n) is 3.57. The Hall–Kier alpha value is -1.52. The molecule has 0 aromatic heterocycles. The largest absolute Gasteiger partial charge is 0.283 e. The van der Waals surface area contributed by atoms with E-state index >= 15 is 0 Å². The van der Waals surface area contributed by atoms with Crippen LogP contribution in [0.3, 0.4) is 0 Å². The summed E-state index contributed by atoms with van der Waals surface area (Å²) in [5.41, 5.74) is 8.29. The van der Waals surface area contributed by atoms with E-state index in [0.29, 0.717) is 0 Å². The highest BCUT2D eigenvalue weighted by Crippen LogP contribution is 2.18. The Morgan fingerprint density at radius 1 is 0.633 bits per heavy atom. The summed E-state index contributed by atoms with van der Waals surface area (Å²) < 4.78 is 0. The number of thioether (sulfide) groups is 2.